The fourth-order valence-corrected chi connectivity index (χ4v) is 2.56. The molecule has 0 bridgehead atoms. The molecule has 1 aliphatic rings. The van der Waals surface area contributed by atoms with Crippen LogP contribution in [0.2, 0.25) is 0 Å². The number of hydrogen-bond donors (Lipinski definition) is 1. The van der Waals surface area contributed by atoms with E-state index in [0.29, 0.717) is 19.5 Å². The van der Waals surface area contributed by atoms with Gasteiger partial charge < -0.3 is 5.11 Å². The van der Waals surface area contributed by atoms with Crippen molar-refractivity contribution in [3.63, 3.8) is 0 Å². The third kappa shape index (κ3) is 2.40. The molecular weight excluding hydrogens is 236 g/mol. The normalized spacial score (nSPS) is 25.0. The second-order valence-corrected chi connectivity index (χ2v) is 5.17. The second kappa shape index (κ2) is 4.94. The lowest BCUT2D eigenvalue weighted by Gasteiger charge is -2.35. The lowest BCUT2D eigenvalue weighted by molar-refractivity contribution is -0.0877. The van der Waals surface area contributed by atoms with E-state index in [2.05, 4.69) is 0 Å². The van der Waals surface area contributed by atoms with E-state index in [1.807, 2.05) is 13.8 Å². The first kappa shape index (κ1) is 13.4. The molecule has 18 heavy (non-hydrogen) atoms. The van der Waals surface area contributed by atoms with E-state index in [9.17, 15) is 13.9 Å². The van der Waals surface area contributed by atoms with Gasteiger partial charge in [-0.3, -0.25) is 4.90 Å². The summed E-state index contributed by atoms with van der Waals surface area (Å²) in [5.41, 5.74) is -1.34. The van der Waals surface area contributed by atoms with Crippen LogP contribution in [0, 0.1) is 17.6 Å². The van der Waals surface area contributed by atoms with Gasteiger partial charge in [-0.05, 0) is 37.0 Å². The van der Waals surface area contributed by atoms with Gasteiger partial charge in [-0.25, -0.2) is 8.78 Å². The number of nitrogens with zero attached hydrogens (tertiary/aromatic N) is 1. The van der Waals surface area contributed by atoms with E-state index in [1.165, 1.54) is 0 Å². The molecule has 0 saturated carbocycles. The third-order valence-electron chi connectivity index (χ3n) is 3.34. The molecule has 1 aromatic rings. The molecule has 1 N–H and O–H groups in total. The predicted molar refractivity (Wildman–Crippen MR) is 65.7 cm³/mol. The van der Waals surface area contributed by atoms with Crippen molar-refractivity contribution in [3.05, 3.63) is 41.3 Å². The smallest absolute Gasteiger partial charge is 0.147 e. The van der Waals surface area contributed by atoms with Crippen molar-refractivity contribution in [1.29, 1.82) is 0 Å². The Morgan fingerprint density at radius 3 is 2.78 bits per heavy atom. The van der Waals surface area contributed by atoms with Crippen LogP contribution in [-0.2, 0) is 5.72 Å². The summed E-state index contributed by atoms with van der Waals surface area (Å²) >= 11 is 0. The maximum Gasteiger partial charge on any atom is 0.147 e. The van der Waals surface area contributed by atoms with Gasteiger partial charge in [0.15, 0.2) is 0 Å². The number of halogens is 2. The van der Waals surface area contributed by atoms with Gasteiger partial charge in [-0.1, -0.05) is 13.8 Å². The fourth-order valence-electron chi connectivity index (χ4n) is 2.56. The summed E-state index contributed by atoms with van der Waals surface area (Å²) in [7, 11) is 0. The molecule has 0 amide bonds. The Bertz CT molecular complexity index is 436. The standard InChI is InChI=1S/C14H18F2NO/c1-10(2)9-17-7-3-6-14(17,18)12-8-11(15)4-5-13(12)16/h4-5,8,18H,3,6-7,9H2,1-2H3. The van der Waals surface area contributed by atoms with Crippen molar-refractivity contribution < 1.29 is 13.9 Å². The number of aliphatic hydroxyl groups is 1. The molecule has 1 unspecified atom stereocenters. The van der Waals surface area contributed by atoms with E-state index >= 15 is 0 Å². The van der Waals surface area contributed by atoms with Crippen molar-refractivity contribution in [2.45, 2.75) is 32.4 Å². The molecule has 1 aromatic carbocycles. The summed E-state index contributed by atoms with van der Waals surface area (Å²) in [4.78, 5) is 1.81. The summed E-state index contributed by atoms with van der Waals surface area (Å²) in [6.45, 7) is 5.20. The van der Waals surface area contributed by atoms with Gasteiger partial charge in [0.2, 0.25) is 0 Å². The van der Waals surface area contributed by atoms with Crippen LogP contribution < -0.4 is 0 Å². The lowest BCUT2D eigenvalue weighted by atomic mass is 9.98. The first-order valence-electron chi connectivity index (χ1n) is 6.15. The average molecular weight is 254 g/mol. The van der Waals surface area contributed by atoms with Gasteiger partial charge >= 0.3 is 0 Å². The van der Waals surface area contributed by atoms with Crippen LogP contribution in [0.15, 0.2) is 18.2 Å². The van der Waals surface area contributed by atoms with Crippen molar-refractivity contribution in [2.75, 3.05) is 13.1 Å². The minimum absolute atomic E-state index is 0.0428. The Balaban J connectivity index is 2.36. The summed E-state index contributed by atoms with van der Waals surface area (Å²) in [6.07, 6.45) is 1.21. The number of benzene rings is 1. The highest BCUT2D eigenvalue weighted by molar-refractivity contribution is 5.26. The Labute approximate surface area is 106 Å². The lowest BCUT2D eigenvalue weighted by Crippen LogP contribution is -2.43. The zero-order valence-corrected chi connectivity index (χ0v) is 10.7. The Hall–Kier alpha value is -1.00. The largest absolute Gasteiger partial charge is 0.371 e. The Morgan fingerprint density at radius 2 is 2.11 bits per heavy atom. The van der Waals surface area contributed by atoms with Crippen LogP contribution in [-0.4, -0.2) is 23.1 Å². The van der Waals surface area contributed by atoms with Crippen LogP contribution in [0.3, 0.4) is 0 Å². The number of rotatable bonds is 3. The molecule has 1 atom stereocenters. The van der Waals surface area contributed by atoms with E-state index in [0.717, 1.165) is 30.5 Å². The SMILES string of the molecule is C[C](C)CN1CCCC1(O)c1cc(F)ccc1F. The van der Waals surface area contributed by atoms with Gasteiger partial charge in [0, 0.05) is 18.7 Å². The highest BCUT2D eigenvalue weighted by Crippen LogP contribution is 2.38. The van der Waals surface area contributed by atoms with Crippen molar-refractivity contribution in [3.8, 4) is 0 Å². The van der Waals surface area contributed by atoms with Crippen LogP contribution in [0.5, 0.6) is 0 Å². The molecule has 1 saturated heterocycles. The predicted octanol–water partition coefficient (Wildman–Crippen LogP) is 2.82. The monoisotopic (exact) mass is 254 g/mol. The highest BCUT2D eigenvalue weighted by atomic mass is 19.1. The van der Waals surface area contributed by atoms with E-state index in [-0.39, 0.29) is 5.56 Å². The van der Waals surface area contributed by atoms with Gasteiger partial charge in [0.25, 0.3) is 0 Å². The molecule has 1 radical (unpaired) electrons. The molecule has 1 heterocycles. The molecule has 4 heteroatoms. The third-order valence-corrected chi connectivity index (χ3v) is 3.34. The van der Waals surface area contributed by atoms with Crippen LogP contribution in [0.4, 0.5) is 8.78 Å². The van der Waals surface area contributed by atoms with Crippen LogP contribution in [0.1, 0.15) is 32.3 Å². The summed E-state index contributed by atoms with van der Waals surface area (Å²) < 4.78 is 27.1. The van der Waals surface area contributed by atoms with Gasteiger partial charge in [0.1, 0.15) is 17.4 Å². The molecule has 2 rings (SSSR count). The zero-order valence-electron chi connectivity index (χ0n) is 10.7. The Kier molecular flexibility index (Phi) is 3.69. The fraction of sp³-hybridized carbons (Fsp3) is 0.500. The molecule has 0 aromatic heterocycles. The zero-order chi connectivity index (χ0) is 13.3. The van der Waals surface area contributed by atoms with Gasteiger partial charge in [0.05, 0.1) is 0 Å². The average Bonchev–Trinajstić information content (AvgIpc) is 2.64. The van der Waals surface area contributed by atoms with Crippen LogP contribution >= 0.6 is 0 Å². The highest BCUT2D eigenvalue weighted by Gasteiger charge is 2.42. The molecule has 2 nitrogen and oxygen atoms in total. The molecule has 1 aliphatic heterocycles. The molecular formula is C14H18F2NO. The summed E-state index contributed by atoms with van der Waals surface area (Å²) in [5, 5.41) is 10.7. The van der Waals surface area contributed by atoms with Crippen molar-refractivity contribution >= 4 is 0 Å². The minimum atomic E-state index is -1.39. The van der Waals surface area contributed by atoms with Gasteiger partial charge in [-0.15, -0.1) is 0 Å². The van der Waals surface area contributed by atoms with Gasteiger partial charge in [-0.2, -0.15) is 0 Å². The number of likely N-dealkylation sites (tertiary alicyclic amines) is 1. The first-order valence-corrected chi connectivity index (χ1v) is 6.15. The maximum atomic E-state index is 13.8. The molecule has 99 valence electrons. The first-order chi connectivity index (χ1) is 8.43. The van der Waals surface area contributed by atoms with Crippen molar-refractivity contribution in [2.24, 2.45) is 0 Å². The topological polar surface area (TPSA) is 23.5 Å². The number of hydrogen-bond acceptors (Lipinski definition) is 2. The Morgan fingerprint density at radius 1 is 1.39 bits per heavy atom. The molecule has 0 spiro atoms. The van der Waals surface area contributed by atoms with E-state index < -0.39 is 17.4 Å². The molecule has 1 fully saturated rings. The maximum absolute atomic E-state index is 13.8. The van der Waals surface area contributed by atoms with Crippen LogP contribution in [0.25, 0.3) is 0 Å². The quantitative estimate of drug-likeness (QED) is 0.896. The summed E-state index contributed by atoms with van der Waals surface area (Å²) in [6, 6.07) is 3.24. The van der Waals surface area contributed by atoms with Crippen molar-refractivity contribution in [1.82, 2.24) is 4.90 Å². The molecule has 0 aliphatic carbocycles. The summed E-state index contributed by atoms with van der Waals surface area (Å²) in [5.74, 6) is 0.0515. The second-order valence-electron chi connectivity index (χ2n) is 5.17. The minimum Gasteiger partial charge on any atom is -0.371 e. The van der Waals surface area contributed by atoms with E-state index in [4.69, 9.17) is 0 Å². The van der Waals surface area contributed by atoms with E-state index in [1.54, 1.807) is 4.90 Å².